The van der Waals surface area contributed by atoms with Gasteiger partial charge in [0.2, 0.25) is 5.91 Å². The van der Waals surface area contributed by atoms with Crippen molar-refractivity contribution in [2.24, 2.45) is 5.92 Å². The van der Waals surface area contributed by atoms with Gasteiger partial charge in [-0.05, 0) is 32.8 Å². The Morgan fingerprint density at radius 2 is 2.12 bits per heavy atom. The van der Waals surface area contributed by atoms with Crippen molar-refractivity contribution in [1.29, 1.82) is 0 Å². The van der Waals surface area contributed by atoms with Crippen molar-refractivity contribution in [2.75, 3.05) is 18.4 Å². The van der Waals surface area contributed by atoms with Gasteiger partial charge in [-0.2, -0.15) is 0 Å². The highest BCUT2D eigenvalue weighted by atomic mass is 32.1. The number of thiazole rings is 1. The maximum Gasteiger partial charge on any atom is 0.317 e. The number of fused-ring (bicyclic) bond motifs is 1. The minimum absolute atomic E-state index is 0.0229. The minimum Gasteiger partial charge on any atom is -0.336 e. The highest BCUT2D eigenvalue weighted by Gasteiger charge is 2.29. The lowest BCUT2D eigenvalue weighted by atomic mass is 9.97. The highest BCUT2D eigenvalue weighted by Crippen LogP contribution is 2.29. The van der Waals surface area contributed by atoms with Gasteiger partial charge in [-0.25, -0.2) is 18.6 Å². The molecule has 2 heterocycles. The van der Waals surface area contributed by atoms with E-state index in [2.05, 4.69) is 15.6 Å². The molecule has 1 saturated heterocycles. The molecule has 1 aliphatic rings. The van der Waals surface area contributed by atoms with E-state index >= 15 is 0 Å². The normalized spacial score (nSPS) is 17.6. The molecule has 1 aromatic carbocycles. The molecule has 0 spiro atoms. The fourth-order valence-corrected chi connectivity index (χ4v) is 3.84. The van der Waals surface area contributed by atoms with E-state index in [4.69, 9.17) is 0 Å². The summed E-state index contributed by atoms with van der Waals surface area (Å²) in [6.07, 6.45) is 1.38. The van der Waals surface area contributed by atoms with Crippen molar-refractivity contribution in [3.8, 4) is 0 Å². The summed E-state index contributed by atoms with van der Waals surface area (Å²) in [5.74, 6) is -2.08. The minimum atomic E-state index is -0.758. The summed E-state index contributed by atoms with van der Waals surface area (Å²) in [5.41, 5.74) is 0.0354. The van der Waals surface area contributed by atoms with Gasteiger partial charge in [-0.15, -0.1) is 0 Å². The number of carbonyl (C=O) groups excluding carboxylic acids is 2. The Bertz CT molecular complexity index is 840. The molecule has 140 valence electrons. The van der Waals surface area contributed by atoms with Gasteiger partial charge < -0.3 is 15.5 Å². The fraction of sp³-hybridized carbons (Fsp3) is 0.471. The monoisotopic (exact) mass is 382 g/mol. The van der Waals surface area contributed by atoms with Crippen LogP contribution >= 0.6 is 11.3 Å². The van der Waals surface area contributed by atoms with Crippen molar-refractivity contribution >= 4 is 38.6 Å². The van der Waals surface area contributed by atoms with Gasteiger partial charge in [0.25, 0.3) is 0 Å². The number of likely N-dealkylation sites (tertiary alicyclic amines) is 1. The lowest BCUT2D eigenvalue weighted by Crippen LogP contribution is -2.49. The number of urea groups is 1. The number of anilines is 1. The van der Waals surface area contributed by atoms with E-state index in [0.29, 0.717) is 24.2 Å². The van der Waals surface area contributed by atoms with Crippen LogP contribution in [0.5, 0.6) is 0 Å². The number of halogens is 2. The average Bonchev–Trinajstić information content (AvgIpc) is 2.97. The summed E-state index contributed by atoms with van der Waals surface area (Å²) in [4.78, 5) is 30.3. The van der Waals surface area contributed by atoms with E-state index in [-0.39, 0.29) is 34.5 Å². The molecular formula is C17H20F2N4O2S. The van der Waals surface area contributed by atoms with Gasteiger partial charge in [-0.3, -0.25) is 4.79 Å². The van der Waals surface area contributed by atoms with Crippen LogP contribution in [0.3, 0.4) is 0 Å². The van der Waals surface area contributed by atoms with E-state index < -0.39 is 11.6 Å². The molecule has 2 aromatic rings. The summed E-state index contributed by atoms with van der Waals surface area (Å²) < 4.78 is 27.3. The molecule has 3 rings (SSSR count). The van der Waals surface area contributed by atoms with E-state index in [1.165, 1.54) is 6.07 Å². The zero-order valence-electron chi connectivity index (χ0n) is 14.5. The van der Waals surface area contributed by atoms with Crippen molar-refractivity contribution in [1.82, 2.24) is 15.2 Å². The van der Waals surface area contributed by atoms with Gasteiger partial charge in [-0.1, -0.05) is 11.3 Å². The van der Waals surface area contributed by atoms with Crippen LogP contribution < -0.4 is 10.6 Å². The summed E-state index contributed by atoms with van der Waals surface area (Å²) in [6, 6.07) is 1.79. The summed E-state index contributed by atoms with van der Waals surface area (Å²) in [6.45, 7) is 4.68. The second kappa shape index (κ2) is 7.53. The first-order valence-electron chi connectivity index (χ1n) is 8.45. The van der Waals surface area contributed by atoms with Crippen LogP contribution in [0.15, 0.2) is 12.1 Å². The Labute approximate surface area is 153 Å². The van der Waals surface area contributed by atoms with Gasteiger partial charge >= 0.3 is 6.03 Å². The highest BCUT2D eigenvalue weighted by molar-refractivity contribution is 7.22. The molecule has 0 bridgehead atoms. The third-order valence-corrected chi connectivity index (χ3v) is 5.05. The summed E-state index contributed by atoms with van der Waals surface area (Å²) in [7, 11) is 0. The molecule has 1 atom stereocenters. The molecule has 3 amide bonds. The Morgan fingerprint density at radius 3 is 2.85 bits per heavy atom. The first-order chi connectivity index (χ1) is 12.3. The largest absolute Gasteiger partial charge is 0.336 e. The molecule has 1 aliphatic heterocycles. The molecule has 1 fully saturated rings. The van der Waals surface area contributed by atoms with Gasteiger partial charge in [0.05, 0.1) is 10.6 Å². The van der Waals surface area contributed by atoms with E-state index in [1.807, 2.05) is 13.8 Å². The van der Waals surface area contributed by atoms with Crippen LogP contribution in [0.2, 0.25) is 0 Å². The molecule has 1 unspecified atom stereocenters. The number of hydrogen-bond donors (Lipinski definition) is 2. The summed E-state index contributed by atoms with van der Waals surface area (Å²) in [5, 5.41) is 5.71. The van der Waals surface area contributed by atoms with E-state index in [0.717, 1.165) is 23.8 Å². The van der Waals surface area contributed by atoms with Gasteiger partial charge in [0.1, 0.15) is 11.3 Å². The number of amides is 3. The van der Waals surface area contributed by atoms with Crippen LogP contribution in [0.1, 0.15) is 26.7 Å². The number of aromatic nitrogens is 1. The molecule has 26 heavy (non-hydrogen) atoms. The van der Waals surface area contributed by atoms with Crippen molar-refractivity contribution < 1.29 is 18.4 Å². The molecule has 9 heteroatoms. The zero-order valence-corrected chi connectivity index (χ0v) is 15.3. The first kappa shape index (κ1) is 18.5. The van der Waals surface area contributed by atoms with Crippen LogP contribution in [0.4, 0.5) is 18.7 Å². The van der Waals surface area contributed by atoms with E-state index in [9.17, 15) is 18.4 Å². The van der Waals surface area contributed by atoms with Crippen LogP contribution in [0.25, 0.3) is 10.2 Å². The Morgan fingerprint density at radius 1 is 1.35 bits per heavy atom. The SMILES string of the molecule is CC(C)NC(=O)N1CCCC(C(=O)Nc2nc3c(F)cc(F)cc3s2)C1. The van der Waals surface area contributed by atoms with Crippen molar-refractivity contribution in [3.63, 3.8) is 0 Å². The number of benzene rings is 1. The Kier molecular flexibility index (Phi) is 5.36. The second-order valence-electron chi connectivity index (χ2n) is 6.63. The zero-order chi connectivity index (χ0) is 18.8. The molecule has 0 aliphatic carbocycles. The topological polar surface area (TPSA) is 74.3 Å². The third-order valence-electron chi connectivity index (χ3n) is 4.13. The summed E-state index contributed by atoms with van der Waals surface area (Å²) >= 11 is 1.02. The molecule has 6 nitrogen and oxygen atoms in total. The molecular weight excluding hydrogens is 362 g/mol. The predicted molar refractivity (Wildman–Crippen MR) is 96.1 cm³/mol. The number of hydrogen-bond acceptors (Lipinski definition) is 4. The Hall–Kier alpha value is -2.29. The quantitative estimate of drug-likeness (QED) is 0.855. The lowest BCUT2D eigenvalue weighted by Gasteiger charge is -2.32. The number of carbonyl (C=O) groups is 2. The van der Waals surface area contributed by atoms with E-state index in [1.54, 1.807) is 4.90 Å². The van der Waals surface area contributed by atoms with Crippen LogP contribution in [-0.2, 0) is 4.79 Å². The smallest absolute Gasteiger partial charge is 0.317 e. The lowest BCUT2D eigenvalue weighted by molar-refractivity contribution is -0.121. The predicted octanol–water partition coefficient (Wildman–Crippen LogP) is 3.34. The maximum atomic E-state index is 13.7. The average molecular weight is 382 g/mol. The van der Waals surface area contributed by atoms with Crippen molar-refractivity contribution in [2.45, 2.75) is 32.7 Å². The van der Waals surface area contributed by atoms with Crippen LogP contribution in [0, 0.1) is 17.6 Å². The molecule has 0 radical (unpaired) electrons. The number of nitrogens with zero attached hydrogens (tertiary/aromatic N) is 2. The number of piperidine rings is 1. The standard InChI is InChI=1S/C17H20F2N4O2S/c1-9(2)20-17(25)23-5-3-4-10(8-23)15(24)22-16-21-14-12(19)6-11(18)7-13(14)26-16/h6-7,9-10H,3-5,8H2,1-2H3,(H,20,25)(H,21,22,24). The Balaban J connectivity index is 1.68. The molecule has 1 aromatic heterocycles. The van der Waals surface area contributed by atoms with Crippen molar-refractivity contribution in [3.05, 3.63) is 23.8 Å². The third kappa shape index (κ3) is 4.09. The van der Waals surface area contributed by atoms with Gasteiger partial charge in [0, 0.05) is 25.2 Å². The molecule has 0 saturated carbocycles. The fourth-order valence-electron chi connectivity index (χ4n) is 2.93. The first-order valence-corrected chi connectivity index (χ1v) is 9.27. The van der Waals surface area contributed by atoms with Crippen LogP contribution in [-0.4, -0.2) is 41.0 Å². The van der Waals surface area contributed by atoms with Gasteiger partial charge in [0.15, 0.2) is 10.9 Å². The number of rotatable bonds is 3. The maximum absolute atomic E-state index is 13.7. The molecule has 2 N–H and O–H groups in total. The second-order valence-corrected chi connectivity index (χ2v) is 7.66. The number of nitrogens with one attached hydrogen (secondary N) is 2.